The van der Waals surface area contributed by atoms with Crippen molar-refractivity contribution in [2.24, 2.45) is 0 Å². The molecule has 0 spiro atoms. The maximum absolute atomic E-state index is 12.0. The number of rotatable bonds is 3. The predicted octanol–water partition coefficient (Wildman–Crippen LogP) is 3.18. The van der Waals surface area contributed by atoms with Gasteiger partial charge in [0.2, 0.25) is 5.12 Å². The molecule has 0 saturated carbocycles. The Kier molecular flexibility index (Phi) is 3.77. The molecule has 0 radical (unpaired) electrons. The zero-order valence-corrected chi connectivity index (χ0v) is 12.2. The molecule has 1 N–H and O–H groups in total. The van der Waals surface area contributed by atoms with Gasteiger partial charge in [-0.05, 0) is 16.3 Å². The average molecular weight is 299 g/mol. The zero-order valence-electron chi connectivity index (χ0n) is 11.4. The number of hydrogen-bond acceptors (Lipinski definition) is 4. The van der Waals surface area contributed by atoms with Crippen LogP contribution in [0.3, 0.4) is 0 Å². The first-order chi connectivity index (χ1) is 10.2. The summed E-state index contributed by atoms with van der Waals surface area (Å²) in [4.78, 5) is 23.4. The molecule has 2 aromatic carbocycles. The number of hydrogen-bond donors (Lipinski definition) is 1. The Bertz CT molecular complexity index is 762. The smallest absolute Gasteiger partial charge is 0.291 e. The van der Waals surface area contributed by atoms with Crippen LogP contribution in [0.5, 0.6) is 0 Å². The molecule has 21 heavy (non-hydrogen) atoms. The molecular formula is C16H13NO3S. The Morgan fingerprint density at radius 2 is 1.90 bits per heavy atom. The molecule has 1 fully saturated rings. The van der Waals surface area contributed by atoms with Gasteiger partial charge in [0.15, 0.2) is 0 Å². The van der Waals surface area contributed by atoms with Crippen molar-refractivity contribution in [1.29, 1.82) is 0 Å². The topological polar surface area (TPSA) is 55.4 Å². The second-order valence-electron chi connectivity index (χ2n) is 4.62. The van der Waals surface area contributed by atoms with Crippen molar-refractivity contribution in [3.05, 3.63) is 53.7 Å². The van der Waals surface area contributed by atoms with Crippen molar-refractivity contribution >= 4 is 38.5 Å². The standard InChI is InChI=1S/C16H13NO3S/c1-20-9-13(14-15(18)21-16(19)17-14)12-8-4-6-10-5-2-3-7-11(10)12/h2-8H,9H2,1H3,(H,17,19). The minimum Gasteiger partial charge on any atom is -0.380 e. The summed E-state index contributed by atoms with van der Waals surface area (Å²) in [5.41, 5.74) is 1.93. The Morgan fingerprint density at radius 1 is 1.14 bits per heavy atom. The van der Waals surface area contributed by atoms with Gasteiger partial charge < -0.3 is 10.1 Å². The fourth-order valence-electron chi connectivity index (χ4n) is 2.43. The Labute approximate surface area is 126 Å². The summed E-state index contributed by atoms with van der Waals surface area (Å²) < 4.78 is 5.23. The van der Waals surface area contributed by atoms with Gasteiger partial charge in [-0.15, -0.1) is 0 Å². The van der Waals surface area contributed by atoms with Gasteiger partial charge in [-0.1, -0.05) is 42.5 Å². The van der Waals surface area contributed by atoms with E-state index >= 15 is 0 Å². The summed E-state index contributed by atoms with van der Waals surface area (Å²) >= 11 is 0.680. The molecule has 1 heterocycles. The summed E-state index contributed by atoms with van der Waals surface area (Å²) in [5.74, 6) is 0. The van der Waals surface area contributed by atoms with Crippen LogP contribution in [-0.4, -0.2) is 24.1 Å². The predicted molar refractivity (Wildman–Crippen MR) is 83.9 cm³/mol. The minimum atomic E-state index is -0.344. The summed E-state index contributed by atoms with van der Waals surface area (Å²) in [6.45, 7) is 0.260. The average Bonchev–Trinajstić information content (AvgIpc) is 2.83. The monoisotopic (exact) mass is 299 g/mol. The van der Waals surface area contributed by atoms with Gasteiger partial charge in [0.25, 0.3) is 5.24 Å². The van der Waals surface area contributed by atoms with E-state index in [2.05, 4.69) is 5.32 Å². The maximum Gasteiger partial charge on any atom is 0.291 e. The van der Waals surface area contributed by atoms with Gasteiger partial charge in [0.1, 0.15) is 5.70 Å². The Balaban J connectivity index is 2.24. The van der Waals surface area contributed by atoms with E-state index in [-0.39, 0.29) is 17.0 Å². The molecule has 4 nitrogen and oxygen atoms in total. The van der Waals surface area contributed by atoms with Crippen molar-refractivity contribution < 1.29 is 14.3 Å². The second-order valence-corrected chi connectivity index (χ2v) is 5.56. The molecule has 0 aliphatic carbocycles. The van der Waals surface area contributed by atoms with Crippen molar-refractivity contribution in [1.82, 2.24) is 5.32 Å². The zero-order chi connectivity index (χ0) is 14.8. The molecule has 5 heteroatoms. The molecule has 3 rings (SSSR count). The first kappa shape index (κ1) is 13.9. The number of ether oxygens (including phenoxy) is 1. The number of carbonyl (C=O) groups excluding carboxylic acids is 2. The van der Waals surface area contributed by atoms with E-state index in [1.807, 2.05) is 42.5 Å². The highest BCUT2D eigenvalue weighted by Crippen LogP contribution is 2.31. The molecule has 1 aliphatic heterocycles. The van der Waals surface area contributed by atoms with Gasteiger partial charge in [-0.3, -0.25) is 9.59 Å². The lowest BCUT2D eigenvalue weighted by Gasteiger charge is -2.12. The van der Waals surface area contributed by atoms with E-state index in [0.29, 0.717) is 23.0 Å². The highest BCUT2D eigenvalue weighted by Gasteiger charge is 2.29. The number of nitrogens with one attached hydrogen (secondary N) is 1. The summed E-state index contributed by atoms with van der Waals surface area (Å²) in [6.07, 6.45) is 0. The lowest BCUT2D eigenvalue weighted by molar-refractivity contribution is -0.107. The third-order valence-electron chi connectivity index (χ3n) is 3.32. The largest absolute Gasteiger partial charge is 0.380 e. The highest BCUT2D eigenvalue weighted by molar-refractivity contribution is 8.27. The van der Waals surface area contributed by atoms with Gasteiger partial charge in [-0.2, -0.15) is 0 Å². The third-order valence-corrected chi connectivity index (χ3v) is 4.00. The summed E-state index contributed by atoms with van der Waals surface area (Å²) in [5, 5.41) is 4.12. The fraction of sp³-hybridized carbons (Fsp3) is 0.125. The van der Waals surface area contributed by atoms with Crippen LogP contribution in [0, 0.1) is 0 Å². The quantitative estimate of drug-likeness (QED) is 0.884. The number of benzene rings is 2. The number of amides is 1. The maximum atomic E-state index is 12.0. The van der Waals surface area contributed by atoms with Crippen LogP contribution in [-0.2, 0) is 9.53 Å². The highest BCUT2D eigenvalue weighted by atomic mass is 32.2. The SMILES string of the molecule is COCC(=C1NC(=O)SC1=O)c1cccc2ccccc12. The van der Waals surface area contributed by atoms with Gasteiger partial charge in [0, 0.05) is 24.4 Å². The fourth-order valence-corrected chi connectivity index (χ4v) is 3.03. The lowest BCUT2D eigenvalue weighted by Crippen LogP contribution is -2.15. The van der Waals surface area contributed by atoms with E-state index in [1.165, 1.54) is 0 Å². The summed E-state index contributed by atoms with van der Waals surface area (Å²) in [7, 11) is 1.57. The number of carbonyl (C=O) groups is 2. The molecule has 1 aliphatic rings. The van der Waals surface area contributed by atoms with Gasteiger partial charge >= 0.3 is 0 Å². The van der Waals surface area contributed by atoms with Crippen LogP contribution >= 0.6 is 11.8 Å². The van der Waals surface area contributed by atoms with Gasteiger partial charge in [0.05, 0.1) is 6.61 Å². The molecule has 0 atom stereocenters. The van der Waals surface area contributed by atoms with Crippen molar-refractivity contribution in [2.75, 3.05) is 13.7 Å². The van der Waals surface area contributed by atoms with Gasteiger partial charge in [-0.25, -0.2) is 0 Å². The molecule has 0 aromatic heterocycles. The summed E-state index contributed by atoms with van der Waals surface area (Å²) in [6, 6.07) is 13.8. The van der Waals surface area contributed by atoms with Crippen molar-refractivity contribution in [2.45, 2.75) is 0 Å². The molecule has 1 amide bonds. The second kappa shape index (κ2) is 5.71. The Morgan fingerprint density at radius 3 is 2.62 bits per heavy atom. The Hall–Kier alpha value is -2.11. The van der Waals surface area contributed by atoms with Crippen LogP contribution in [0.2, 0.25) is 0 Å². The van der Waals surface area contributed by atoms with Crippen molar-refractivity contribution in [3.8, 4) is 0 Å². The van der Waals surface area contributed by atoms with E-state index in [4.69, 9.17) is 4.74 Å². The van der Waals surface area contributed by atoms with E-state index in [9.17, 15) is 9.59 Å². The van der Waals surface area contributed by atoms with Crippen LogP contribution in [0.25, 0.3) is 16.3 Å². The third kappa shape index (κ3) is 2.57. The number of methoxy groups -OCH3 is 1. The minimum absolute atomic E-state index is 0.260. The van der Waals surface area contributed by atoms with Crippen molar-refractivity contribution in [3.63, 3.8) is 0 Å². The molecule has 0 bridgehead atoms. The normalized spacial score (nSPS) is 17.2. The molecule has 1 saturated heterocycles. The first-order valence-electron chi connectivity index (χ1n) is 6.44. The number of thioether (sulfide) groups is 1. The van der Waals surface area contributed by atoms with E-state index in [1.54, 1.807) is 7.11 Å². The molecule has 106 valence electrons. The molecule has 0 unspecified atom stereocenters. The van der Waals surface area contributed by atoms with Crippen LogP contribution in [0.1, 0.15) is 5.56 Å². The van der Waals surface area contributed by atoms with Crippen LogP contribution in [0.15, 0.2) is 48.2 Å². The van der Waals surface area contributed by atoms with E-state index < -0.39 is 0 Å². The first-order valence-corrected chi connectivity index (χ1v) is 7.25. The molecule has 2 aromatic rings. The van der Waals surface area contributed by atoms with Crippen LogP contribution in [0.4, 0.5) is 4.79 Å². The molecular weight excluding hydrogens is 286 g/mol. The lowest BCUT2D eigenvalue weighted by atomic mass is 9.97. The van der Waals surface area contributed by atoms with Crippen LogP contribution < -0.4 is 5.32 Å². The van der Waals surface area contributed by atoms with E-state index in [0.717, 1.165) is 16.3 Å². The number of fused-ring (bicyclic) bond motifs is 1.